The van der Waals surface area contributed by atoms with Crippen LogP contribution in [0.3, 0.4) is 0 Å². The van der Waals surface area contributed by atoms with Crippen molar-refractivity contribution in [3.05, 3.63) is 59.0 Å². The van der Waals surface area contributed by atoms with Crippen molar-refractivity contribution in [2.24, 2.45) is 0 Å². The number of halogens is 3. The average molecular weight is 361 g/mol. The Hall–Kier alpha value is -3.43. The predicted octanol–water partition coefficient (Wildman–Crippen LogP) is 3.42. The van der Waals surface area contributed by atoms with Crippen LogP contribution < -0.4 is 11.1 Å². The topological polar surface area (TPSA) is 107 Å². The van der Waals surface area contributed by atoms with Gasteiger partial charge in [0.1, 0.15) is 11.5 Å². The third-order valence-electron chi connectivity index (χ3n) is 3.43. The number of alkyl halides is 3. The molecule has 0 aliphatic rings. The minimum Gasteiger partial charge on any atom is -0.323 e. The summed E-state index contributed by atoms with van der Waals surface area (Å²) in [6.07, 6.45) is -3.50. The molecule has 10 heteroatoms. The van der Waals surface area contributed by atoms with Gasteiger partial charge in [-0.25, -0.2) is 9.97 Å². The van der Waals surface area contributed by atoms with Crippen LogP contribution in [0.4, 0.5) is 30.6 Å². The first-order chi connectivity index (χ1) is 12.3. The van der Waals surface area contributed by atoms with Gasteiger partial charge in [0.2, 0.25) is 5.78 Å². The van der Waals surface area contributed by atoms with Crippen molar-refractivity contribution in [3.63, 3.8) is 0 Å². The number of ketones is 1. The highest BCUT2D eigenvalue weighted by molar-refractivity contribution is 6.11. The van der Waals surface area contributed by atoms with Gasteiger partial charge in [0, 0.05) is 18.0 Å². The number of aromatic amines is 1. The molecule has 3 aromatic rings. The van der Waals surface area contributed by atoms with Crippen LogP contribution in [0.25, 0.3) is 0 Å². The highest BCUT2D eigenvalue weighted by Crippen LogP contribution is 2.33. The van der Waals surface area contributed by atoms with E-state index in [4.69, 9.17) is 5.73 Å². The monoisotopic (exact) mass is 361 g/mol. The molecule has 0 aliphatic heterocycles. The zero-order valence-electron chi connectivity index (χ0n) is 13.3. The lowest BCUT2D eigenvalue weighted by Gasteiger charge is -2.13. The summed E-state index contributed by atoms with van der Waals surface area (Å²) in [6, 6.07) is 6.10. The molecule has 133 valence electrons. The number of rotatable bonds is 4. The van der Waals surface area contributed by atoms with Gasteiger partial charge in [-0.1, -0.05) is 0 Å². The van der Waals surface area contributed by atoms with E-state index in [1.807, 2.05) is 0 Å². The van der Waals surface area contributed by atoms with Gasteiger partial charge in [-0.15, -0.1) is 0 Å². The van der Waals surface area contributed by atoms with Crippen molar-refractivity contribution in [1.82, 2.24) is 25.9 Å². The smallest absolute Gasteiger partial charge is 0.323 e. The molecule has 0 spiro atoms. The third-order valence-corrected chi connectivity index (χ3v) is 3.43. The van der Waals surface area contributed by atoms with E-state index in [0.717, 1.165) is 17.8 Å². The Kier molecular flexibility index (Phi) is 4.33. The van der Waals surface area contributed by atoms with E-state index in [1.165, 1.54) is 18.3 Å². The van der Waals surface area contributed by atoms with Gasteiger partial charge in [0.25, 0.3) is 0 Å². The standard InChI is InChI=1S/C16H12F3N6O/c1-8-7-12(25-24-8)22-11-5-4-10(16(17,18)19)13(23-11)14(26)9-3-2-6-21-15(9)20/h2-7,20H,1H3,(H2,22,23,24,25). The third kappa shape index (κ3) is 3.48. The summed E-state index contributed by atoms with van der Waals surface area (Å²) in [4.78, 5) is 20.0. The molecule has 0 amide bonds. The van der Waals surface area contributed by atoms with E-state index >= 15 is 0 Å². The second kappa shape index (κ2) is 6.47. The van der Waals surface area contributed by atoms with E-state index in [9.17, 15) is 18.0 Å². The lowest BCUT2D eigenvalue weighted by atomic mass is 10.0. The molecule has 0 aromatic carbocycles. The number of hydrogen-bond donors (Lipinski definition) is 2. The first kappa shape index (κ1) is 17.4. The van der Waals surface area contributed by atoms with Crippen molar-refractivity contribution in [1.29, 1.82) is 0 Å². The average Bonchev–Trinajstić information content (AvgIpc) is 2.98. The maximum Gasteiger partial charge on any atom is 0.418 e. The molecule has 0 saturated heterocycles. The molecular weight excluding hydrogens is 349 g/mol. The minimum atomic E-state index is -4.77. The summed E-state index contributed by atoms with van der Waals surface area (Å²) < 4.78 is 39.9. The number of aromatic nitrogens is 4. The van der Waals surface area contributed by atoms with E-state index in [1.54, 1.807) is 13.0 Å². The van der Waals surface area contributed by atoms with E-state index < -0.39 is 29.0 Å². The molecule has 0 saturated carbocycles. The van der Waals surface area contributed by atoms with Crippen molar-refractivity contribution in [2.45, 2.75) is 13.1 Å². The van der Waals surface area contributed by atoms with Crippen molar-refractivity contribution < 1.29 is 18.0 Å². The zero-order valence-corrected chi connectivity index (χ0v) is 13.3. The molecule has 0 fully saturated rings. The number of aryl methyl sites for hydroxylation is 1. The summed E-state index contributed by atoms with van der Waals surface area (Å²) in [6.45, 7) is 1.76. The van der Waals surface area contributed by atoms with E-state index in [0.29, 0.717) is 5.82 Å². The van der Waals surface area contributed by atoms with Gasteiger partial charge >= 0.3 is 6.18 Å². The molecule has 1 radical (unpaired) electrons. The maximum atomic E-state index is 13.3. The van der Waals surface area contributed by atoms with Crippen molar-refractivity contribution >= 4 is 23.2 Å². The van der Waals surface area contributed by atoms with Crippen LogP contribution in [0.5, 0.6) is 0 Å². The molecular formula is C16H12F3N6O. The predicted molar refractivity (Wildman–Crippen MR) is 86.3 cm³/mol. The van der Waals surface area contributed by atoms with Crippen molar-refractivity contribution in [2.75, 3.05) is 5.32 Å². The zero-order chi connectivity index (χ0) is 18.9. The largest absolute Gasteiger partial charge is 0.418 e. The Morgan fingerprint density at radius 1 is 1.23 bits per heavy atom. The first-order valence-electron chi connectivity index (χ1n) is 7.34. The van der Waals surface area contributed by atoms with Crippen LogP contribution in [-0.4, -0.2) is 25.9 Å². The Bertz CT molecular complexity index is 967. The highest BCUT2D eigenvalue weighted by Gasteiger charge is 2.37. The van der Waals surface area contributed by atoms with Crippen LogP contribution in [0, 0.1) is 6.92 Å². The Morgan fingerprint density at radius 2 is 2.00 bits per heavy atom. The normalized spacial score (nSPS) is 11.4. The molecule has 0 atom stereocenters. The van der Waals surface area contributed by atoms with Gasteiger partial charge in [0.15, 0.2) is 11.6 Å². The summed E-state index contributed by atoms with van der Waals surface area (Å²) in [7, 11) is 0. The van der Waals surface area contributed by atoms with Crippen LogP contribution in [0.2, 0.25) is 0 Å². The number of carbonyl (C=O) groups is 1. The molecule has 3 N–H and O–H groups in total. The first-order valence-corrected chi connectivity index (χ1v) is 7.34. The van der Waals surface area contributed by atoms with Crippen LogP contribution in [0.15, 0.2) is 36.5 Å². The molecule has 3 rings (SSSR count). The van der Waals surface area contributed by atoms with Gasteiger partial charge < -0.3 is 5.32 Å². The fraction of sp³-hybridized carbons (Fsp3) is 0.125. The molecule has 7 nitrogen and oxygen atoms in total. The van der Waals surface area contributed by atoms with Gasteiger partial charge in [0.05, 0.1) is 11.1 Å². The number of pyridine rings is 2. The molecule has 0 unspecified atom stereocenters. The van der Waals surface area contributed by atoms with Crippen LogP contribution in [0.1, 0.15) is 27.3 Å². The number of nitrogens with one attached hydrogen (secondary N) is 3. The van der Waals surface area contributed by atoms with Gasteiger partial charge in [-0.2, -0.15) is 18.3 Å². The highest BCUT2D eigenvalue weighted by atomic mass is 19.4. The Balaban J connectivity index is 2.06. The summed E-state index contributed by atoms with van der Waals surface area (Å²) in [5.74, 6) is -1.09. The number of hydrogen-bond acceptors (Lipinski definition) is 5. The maximum absolute atomic E-state index is 13.3. The fourth-order valence-electron chi connectivity index (χ4n) is 2.26. The molecule has 3 aromatic heterocycles. The van der Waals surface area contributed by atoms with Crippen molar-refractivity contribution in [3.8, 4) is 0 Å². The van der Waals surface area contributed by atoms with E-state index in [2.05, 4.69) is 25.5 Å². The summed E-state index contributed by atoms with van der Waals surface area (Å²) >= 11 is 0. The number of anilines is 2. The second-order valence-electron chi connectivity index (χ2n) is 5.38. The SMILES string of the molecule is Cc1cc(Nc2ccc(C(F)(F)F)c(C(=O)c3cccnc3[NH])n2)n[nH]1. The minimum absolute atomic E-state index is 0.0169. The molecule has 26 heavy (non-hydrogen) atoms. The lowest BCUT2D eigenvalue weighted by Crippen LogP contribution is -2.17. The fourth-order valence-corrected chi connectivity index (χ4v) is 2.26. The summed E-state index contributed by atoms with van der Waals surface area (Å²) in [5.41, 5.74) is 6.12. The van der Waals surface area contributed by atoms with Gasteiger partial charge in [-0.3, -0.25) is 15.6 Å². The second-order valence-corrected chi connectivity index (χ2v) is 5.38. The number of carbonyl (C=O) groups excluding carboxylic acids is 1. The molecule has 0 aliphatic carbocycles. The Labute approximate surface area is 145 Å². The quantitative estimate of drug-likeness (QED) is 0.693. The molecule has 0 bridgehead atoms. The van der Waals surface area contributed by atoms with Crippen LogP contribution >= 0.6 is 0 Å². The van der Waals surface area contributed by atoms with Crippen LogP contribution in [-0.2, 0) is 6.18 Å². The van der Waals surface area contributed by atoms with E-state index in [-0.39, 0.29) is 11.4 Å². The summed E-state index contributed by atoms with van der Waals surface area (Å²) in [5, 5.41) is 9.31. The Morgan fingerprint density at radius 3 is 2.62 bits per heavy atom. The molecule has 3 heterocycles. The lowest BCUT2D eigenvalue weighted by molar-refractivity contribution is -0.138. The number of H-pyrrole nitrogens is 1. The van der Waals surface area contributed by atoms with Gasteiger partial charge in [-0.05, 0) is 31.2 Å². The number of nitrogens with zero attached hydrogens (tertiary/aromatic N) is 3.